The van der Waals surface area contributed by atoms with E-state index >= 15 is 0 Å². The zero-order valence-electron chi connectivity index (χ0n) is 18.9. The van der Waals surface area contributed by atoms with Gasteiger partial charge < -0.3 is 10.1 Å². The summed E-state index contributed by atoms with van der Waals surface area (Å²) >= 11 is 1.53. The normalized spacial score (nSPS) is 12.0. The van der Waals surface area contributed by atoms with Gasteiger partial charge in [0.15, 0.2) is 12.3 Å². The molecule has 1 atom stereocenters. The predicted molar refractivity (Wildman–Crippen MR) is 130 cm³/mol. The molecule has 1 unspecified atom stereocenters. The molecule has 1 aromatic carbocycles. The van der Waals surface area contributed by atoms with Gasteiger partial charge in [-0.1, -0.05) is 37.6 Å². The smallest absolute Gasteiger partial charge is 0.339 e. The standard InChI is InChI=1S/C25H26N4O3S/c1-4-9-16(2)26-22(30)15-32-25(31)19-14-20(21-12-8-13-33-21)27-24-23(19)17(3)28-29(24)18-10-6-5-7-11-18/h5-8,10-14,16H,4,9,15H2,1-3H3,(H,26,30). The van der Waals surface area contributed by atoms with E-state index in [-0.39, 0.29) is 18.6 Å². The van der Waals surface area contributed by atoms with Crippen LogP contribution in [0.15, 0.2) is 53.9 Å². The molecule has 0 saturated carbocycles. The van der Waals surface area contributed by atoms with Gasteiger partial charge in [-0.3, -0.25) is 4.79 Å². The highest BCUT2D eigenvalue weighted by atomic mass is 32.1. The topological polar surface area (TPSA) is 86.1 Å². The van der Waals surface area contributed by atoms with Crippen LogP contribution >= 0.6 is 11.3 Å². The van der Waals surface area contributed by atoms with Crippen molar-refractivity contribution in [3.05, 3.63) is 65.2 Å². The second-order valence-electron chi connectivity index (χ2n) is 7.90. The van der Waals surface area contributed by atoms with Gasteiger partial charge in [-0.2, -0.15) is 5.10 Å². The molecular formula is C25H26N4O3S. The van der Waals surface area contributed by atoms with E-state index in [4.69, 9.17) is 9.72 Å². The average molecular weight is 463 g/mol. The Balaban J connectivity index is 1.72. The lowest BCUT2D eigenvalue weighted by molar-refractivity contribution is -0.124. The highest BCUT2D eigenvalue weighted by Gasteiger charge is 2.23. The van der Waals surface area contributed by atoms with E-state index in [1.807, 2.05) is 61.7 Å². The van der Waals surface area contributed by atoms with Crippen LogP contribution in [0.25, 0.3) is 27.3 Å². The SMILES string of the molecule is CCCC(C)NC(=O)COC(=O)c1cc(-c2cccs2)nc2c1c(C)nn2-c1ccccc1. The van der Waals surface area contributed by atoms with E-state index in [1.165, 1.54) is 11.3 Å². The Labute approximate surface area is 196 Å². The van der Waals surface area contributed by atoms with Crippen LogP contribution in [0.2, 0.25) is 0 Å². The van der Waals surface area contributed by atoms with Gasteiger partial charge in [0.1, 0.15) is 0 Å². The lowest BCUT2D eigenvalue weighted by atomic mass is 10.1. The van der Waals surface area contributed by atoms with E-state index in [0.29, 0.717) is 28.0 Å². The van der Waals surface area contributed by atoms with Crippen molar-refractivity contribution in [3.63, 3.8) is 0 Å². The van der Waals surface area contributed by atoms with Gasteiger partial charge >= 0.3 is 5.97 Å². The number of benzene rings is 1. The van der Waals surface area contributed by atoms with Crippen molar-refractivity contribution in [3.8, 4) is 16.3 Å². The Kier molecular flexibility index (Phi) is 6.84. The molecule has 4 aromatic rings. The fourth-order valence-corrected chi connectivity index (χ4v) is 4.47. The summed E-state index contributed by atoms with van der Waals surface area (Å²) in [6.45, 7) is 5.49. The number of pyridine rings is 1. The number of hydrogen-bond acceptors (Lipinski definition) is 6. The summed E-state index contributed by atoms with van der Waals surface area (Å²) in [4.78, 5) is 31.1. The van der Waals surface area contributed by atoms with E-state index in [1.54, 1.807) is 10.7 Å². The van der Waals surface area contributed by atoms with Crippen molar-refractivity contribution >= 4 is 34.2 Å². The van der Waals surface area contributed by atoms with E-state index in [9.17, 15) is 9.59 Å². The minimum absolute atomic E-state index is 0.0330. The molecule has 33 heavy (non-hydrogen) atoms. The number of aryl methyl sites for hydroxylation is 1. The maximum absolute atomic E-state index is 13.1. The van der Waals surface area contributed by atoms with Crippen LogP contribution < -0.4 is 5.32 Å². The largest absolute Gasteiger partial charge is 0.452 e. The average Bonchev–Trinajstić information content (AvgIpc) is 3.46. The van der Waals surface area contributed by atoms with E-state index in [2.05, 4.69) is 17.3 Å². The minimum Gasteiger partial charge on any atom is -0.452 e. The quantitative estimate of drug-likeness (QED) is 0.376. The van der Waals surface area contributed by atoms with Crippen molar-refractivity contribution in [2.45, 2.75) is 39.7 Å². The molecule has 0 saturated heterocycles. The van der Waals surface area contributed by atoms with Gasteiger partial charge in [0, 0.05) is 6.04 Å². The molecule has 1 N–H and O–H groups in total. The van der Waals surface area contributed by atoms with Crippen LogP contribution in [-0.2, 0) is 9.53 Å². The molecule has 0 spiro atoms. The van der Waals surface area contributed by atoms with E-state index < -0.39 is 5.97 Å². The highest BCUT2D eigenvalue weighted by molar-refractivity contribution is 7.13. The number of ether oxygens (including phenoxy) is 1. The molecule has 3 heterocycles. The molecule has 0 aliphatic heterocycles. The molecule has 8 heteroatoms. The zero-order chi connectivity index (χ0) is 23.4. The lowest BCUT2D eigenvalue weighted by Crippen LogP contribution is -2.35. The molecule has 0 bridgehead atoms. The lowest BCUT2D eigenvalue weighted by Gasteiger charge is -2.13. The van der Waals surface area contributed by atoms with Crippen LogP contribution in [0.1, 0.15) is 42.7 Å². The number of esters is 1. The number of aromatic nitrogens is 3. The number of nitrogens with one attached hydrogen (secondary N) is 1. The Morgan fingerprint density at radius 1 is 1.18 bits per heavy atom. The van der Waals surface area contributed by atoms with Gasteiger partial charge in [-0.05, 0) is 49.9 Å². The molecule has 0 fully saturated rings. The number of carbonyl (C=O) groups excluding carboxylic acids is 2. The van der Waals surface area contributed by atoms with Gasteiger partial charge in [0.2, 0.25) is 0 Å². The van der Waals surface area contributed by atoms with Crippen molar-refractivity contribution in [2.75, 3.05) is 6.61 Å². The number of para-hydroxylation sites is 1. The second kappa shape index (κ2) is 9.95. The van der Waals surface area contributed by atoms with Gasteiger partial charge in [0.25, 0.3) is 5.91 Å². The van der Waals surface area contributed by atoms with Crippen molar-refractivity contribution in [2.24, 2.45) is 0 Å². The Morgan fingerprint density at radius 2 is 1.97 bits per heavy atom. The number of amides is 1. The number of fused-ring (bicyclic) bond motifs is 1. The first-order chi connectivity index (χ1) is 16.0. The fourth-order valence-electron chi connectivity index (χ4n) is 3.78. The summed E-state index contributed by atoms with van der Waals surface area (Å²) in [6.07, 6.45) is 1.83. The summed E-state index contributed by atoms with van der Waals surface area (Å²) in [7, 11) is 0. The number of hydrogen-bond donors (Lipinski definition) is 1. The third-order valence-electron chi connectivity index (χ3n) is 5.27. The van der Waals surface area contributed by atoms with Crippen molar-refractivity contribution in [1.29, 1.82) is 0 Å². The Hall–Kier alpha value is -3.52. The molecule has 0 radical (unpaired) electrons. The zero-order valence-corrected chi connectivity index (χ0v) is 19.7. The summed E-state index contributed by atoms with van der Waals surface area (Å²) in [5.41, 5.74) is 3.07. The summed E-state index contributed by atoms with van der Waals surface area (Å²) in [6, 6.07) is 15.3. The molecule has 1 amide bonds. The van der Waals surface area contributed by atoms with Gasteiger partial charge in [-0.15, -0.1) is 11.3 Å². The van der Waals surface area contributed by atoms with Crippen LogP contribution in [0, 0.1) is 6.92 Å². The monoisotopic (exact) mass is 462 g/mol. The van der Waals surface area contributed by atoms with E-state index in [0.717, 1.165) is 23.4 Å². The number of nitrogens with zero attached hydrogens (tertiary/aromatic N) is 3. The number of thiophene rings is 1. The first kappa shape index (κ1) is 22.7. The summed E-state index contributed by atoms with van der Waals surface area (Å²) in [5.74, 6) is -0.890. The van der Waals surface area contributed by atoms with Gasteiger partial charge in [-0.25, -0.2) is 14.5 Å². The molecule has 7 nitrogen and oxygen atoms in total. The van der Waals surface area contributed by atoms with Gasteiger partial charge in [0.05, 0.1) is 32.9 Å². The molecule has 0 aliphatic carbocycles. The molecule has 170 valence electrons. The fraction of sp³-hybridized carbons (Fsp3) is 0.280. The molecule has 3 aromatic heterocycles. The molecule has 0 aliphatic rings. The second-order valence-corrected chi connectivity index (χ2v) is 8.84. The van der Waals surface area contributed by atoms with Crippen molar-refractivity contribution < 1.29 is 14.3 Å². The van der Waals surface area contributed by atoms with Crippen molar-refractivity contribution in [1.82, 2.24) is 20.1 Å². The maximum atomic E-state index is 13.1. The Bertz CT molecular complexity index is 1270. The third kappa shape index (κ3) is 4.96. The van der Waals surface area contributed by atoms with Crippen LogP contribution in [0.5, 0.6) is 0 Å². The highest BCUT2D eigenvalue weighted by Crippen LogP contribution is 2.31. The minimum atomic E-state index is -0.575. The predicted octanol–water partition coefficient (Wildman–Crippen LogP) is 4.92. The Morgan fingerprint density at radius 3 is 2.67 bits per heavy atom. The first-order valence-electron chi connectivity index (χ1n) is 10.9. The van der Waals surface area contributed by atoms with Crippen LogP contribution in [0.3, 0.4) is 0 Å². The van der Waals surface area contributed by atoms with Crippen LogP contribution in [-0.4, -0.2) is 39.3 Å². The summed E-state index contributed by atoms with van der Waals surface area (Å²) in [5, 5.41) is 10.1. The van der Waals surface area contributed by atoms with Crippen LogP contribution in [0.4, 0.5) is 0 Å². The summed E-state index contributed by atoms with van der Waals surface area (Å²) < 4.78 is 7.14. The third-order valence-corrected chi connectivity index (χ3v) is 6.16. The molecular weight excluding hydrogens is 436 g/mol. The first-order valence-corrected chi connectivity index (χ1v) is 11.8. The number of rotatable bonds is 8. The number of carbonyl (C=O) groups is 2. The maximum Gasteiger partial charge on any atom is 0.339 e. The molecule has 4 rings (SSSR count).